The van der Waals surface area contributed by atoms with Crippen molar-refractivity contribution >= 4 is 34.0 Å². The average molecular weight is 441 g/mol. The lowest BCUT2D eigenvalue weighted by molar-refractivity contribution is 0.141. The van der Waals surface area contributed by atoms with Gasteiger partial charge in [-0.2, -0.15) is 0 Å². The highest BCUT2D eigenvalue weighted by Crippen LogP contribution is 2.36. The first-order valence-corrected chi connectivity index (χ1v) is 11.5. The molecule has 0 spiro atoms. The van der Waals surface area contributed by atoms with Crippen LogP contribution in [0.1, 0.15) is 30.7 Å². The van der Waals surface area contributed by atoms with Gasteiger partial charge in [0.1, 0.15) is 22.5 Å². The Kier molecular flexibility index (Phi) is 5.54. The number of urea groups is 1. The number of aryl methyl sites for hydroxylation is 1. The van der Waals surface area contributed by atoms with Crippen molar-refractivity contribution < 1.29 is 9.18 Å². The summed E-state index contributed by atoms with van der Waals surface area (Å²) in [5, 5.41) is 18.4. The normalized spacial score (nSPS) is 22.8. The van der Waals surface area contributed by atoms with E-state index in [0.29, 0.717) is 18.4 Å². The quantitative estimate of drug-likeness (QED) is 0.623. The molecule has 0 radical (unpaired) electrons. The molecule has 0 unspecified atom stereocenters. The molecule has 0 aliphatic carbocycles. The second-order valence-electron chi connectivity index (χ2n) is 8.29. The molecule has 9 heteroatoms. The molecule has 4 heterocycles. The molecule has 7 nitrogen and oxygen atoms in total. The van der Waals surface area contributed by atoms with Crippen LogP contribution in [-0.2, 0) is 0 Å². The lowest BCUT2D eigenvalue weighted by Gasteiger charge is -2.39. The summed E-state index contributed by atoms with van der Waals surface area (Å²) in [4.78, 5) is 19.5. The van der Waals surface area contributed by atoms with Crippen molar-refractivity contribution in [1.82, 2.24) is 25.4 Å². The van der Waals surface area contributed by atoms with Crippen LogP contribution in [-0.4, -0.2) is 57.5 Å². The Labute approximate surface area is 184 Å². The number of hydrogen-bond donors (Lipinski definition) is 2. The molecule has 2 aliphatic rings. The minimum atomic E-state index is -0.357. The fourth-order valence-corrected chi connectivity index (χ4v) is 5.55. The number of piperidine rings is 1. The molecule has 31 heavy (non-hydrogen) atoms. The van der Waals surface area contributed by atoms with Crippen LogP contribution in [0.5, 0.6) is 0 Å². The van der Waals surface area contributed by atoms with E-state index < -0.39 is 0 Å². The van der Waals surface area contributed by atoms with Crippen molar-refractivity contribution in [2.45, 2.75) is 50.7 Å². The van der Waals surface area contributed by atoms with Crippen molar-refractivity contribution in [3.8, 4) is 10.6 Å². The predicted octanol–water partition coefficient (Wildman–Crippen LogP) is 4.15. The first-order valence-electron chi connectivity index (χ1n) is 10.7. The Morgan fingerprint density at radius 3 is 2.71 bits per heavy atom. The summed E-state index contributed by atoms with van der Waals surface area (Å²) in [5.41, 5.74) is 1.00. The number of aromatic nitrogens is 3. The number of carbonyl (C=O) groups excluding carboxylic acids is 1. The van der Waals surface area contributed by atoms with E-state index in [1.54, 1.807) is 17.5 Å². The maximum atomic E-state index is 13.1. The van der Waals surface area contributed by atoms with Crippen molar-refractivity contribution in [3.63, 3.8) is 0 Å². The number of amides is 2. The third-order valence-corrected chi connectivity index (χ3v) is 7.11. The molecule has 0 saturated carbocycles. The van der Waals surface area contributed by atoms with E-state index in [4.69, 9.17) is 0 Å². The molecular formula is C22H25FN6OS. The number of carbonyl (C=O) groups is 1. The standard InChI is InChI=1S/C22H25FN6OS/c1-13-27-28-21(31-13)14-2-3-15-12-25-20(9-16(15)8-14)26-22(30)29-18-4-5-19(29)11-17(10-18)24-7-6-23/h2-3,8-9,12,17-19,24H,4-7,10-11H2,1H3,(H,25,26,30)/t17-,18+,19-. The van der Waals surface area contributed by atoms with Crippen LogP contribution in [0.15, 0.2) is 30.5 Å². The van der Waals surface area contributed by atoms with Gasteiger partial charge in [-0.1, -0.05) is 23.5 Å². The van der Waals surface area contributed by atoms with Crippen LogP contribution in [0.2, 0.25) is 0 Å². The monoisotopic (exact) mass is 440 g/mol. The molecule has 3 atom stereocenters. The van der Waals surface area contributed by atoms with E-state index in [2.05, 4.69) is 31.9 Å². The van der Waals surface area contributed by atoms with Gasteiger partial charge in [-0.05, 0) is 50.1 Å². The van der Waals surface area contributed by atoms with Gasteiger partial charge in [0.15, 0.2) is 0 Å². The molecule has 2 aliphatic heterocycles. The molecule has 5 rings (SSSR count). The molecule has 2 bridgehead atoms. The third kappa shape index (κ3) is 4.12. The summed E-state index contributed by atoms with van der Waals surface area (Å²) in [5.74, 6) is 0.542. The van der Waals surface area contributed by atoms with E-state index in [1.165, 1.54) is 0 Å². The molecule has 3 aromatic rings. The lowest BCUT2D eigenvalue weighted by atomic mass is 9.97. The van der Waals surface area contributed by atoms with Crippen LogP contribution in [0.4, 0.5) is 15.0 Å². The van der Waals surface area contributed by atoms with Crippen molar-refractivity contribution in [2.75, 3.05) is 18.5 Å². The minimum Gasteiger partial charge on any atom is -0.318 e. The maximum Gasteiger partial charge on any atom is 0.323 e. The van der Waals surface area contributed by atoms with Gasteiger partial charge < -0.3 is 10.2 Å². The minimum absolute atomic E-state index is 0.0980. The summed E-state index contributed by atoms with van der Waals surface area (Å²) < 4.78 is 12.5. The molecule has 2 amide bonds. The average Bonchev–Trinajstić information content (AvgIpc) is 3.32. The van der Waals surface area contributed by atoms with Crippen LogP contribution in [0.3, 0.4) is 0 Å². The summed E-state index contributed by atoms with van der Waals surface area (Å²) in [7, 11) is 0. The highest BCUT2D eigenvalue weighted by Gasteiger charge is 2.43. The third-order valence-electron chi connectivity index (χ3n) is 6.22. The topological polar surface area (TPSA) is 83.0 Å². The van der Waals surface area contributed by atoms with Crippen molar-refractivity contribution in [2.24, 2.45) is 0 Å². The SMILES string of the molecule is Cc1nnc(-c2ccc3cnc(NC(=O)N4[C@@H]5CC[C@H]4C[C@@H](NCCF)C5)cc3c2)s1. The van der Waals surface area contributed by atoms with Gasteiger partial charge in [0.25, 0.3) is 0 Å². The number of nitrogens with zero attached hydrogens (tertiary/aromatic N) is 4. The summed E-state index contributed by atoms with van der Waals surface area (Å²) in [6, 6.07) is 8.57. The van der Waals surface area contributed by atoms with Crippen molar-refractivity contribution in [1.29, 1.82) is 0 Å². The van der Waals surface area contributed by atoms with E-state index >= 15 is 0 Å². The molecule has 2 N–H and O–H groups in total. The van der Waals surface area contributed by atoms with Crippen LogP contribution in [0, 0.1) is 6.92 Å². The molecule has 2 aromatic heterocycles. The number of anilines is 1. The first-order chi connectivity index (χ1) is 15.1. The number of nitrogens with one attached hydrogen (secondary N) is 2. The molecule has 1 aromatic carbocycles. The summed E-state index contributed by atoms with van der Waals surface area (Å²) in [6.07, 6.45) is 5.53. The number of halogens is 1. The summed E-state index contributed by atoms with van der Waals surface area (Å²) in [6.45, 7) is 1.97. The van der Waals surface area contributed by atoms with E-state index in [1.807, 2.05) is 30.0 Å². The van der Waals surface area contributed by atoms with Gasteiger partial charge in [-0.25, -0.2) is 14.2 Å². The first kappa shape index (κ1) is 20.3. The molecule has 162 valence electrons. The molecule has 2 fully saturated rings. The number of benzene rings is 1. The number of pyridine rings is 1. The van der Waals surface area contributed by atoms with E-state index in [9.17, 15) is 9.18 Å². The second kappa shape index (κ2) is 8.47. The zero-order valence-corrected chi connectivity index (χ0v) is 18.2. The van der Waals surface area contributed by atoms with E-state index in [-0.39, 0.29) is 24.8 Å². The number of alkyl halides is 1. The Bertz CT molecular complexity index is 1090. The van der Waals surface area contributed by atoms with Crippen LogP contribution < -0.4 is 10.6 Å². The maximum absolute atomic E-state index is 13.1. The van der Waals surface area contributed by atoms with Crippen LogP contribution in [0.25, 0.3) is 21.3 Å². The van der Waals surface area contributed by atoms with Gasteiger partial charge in [-0.3, -0.25) is 5.32 Å². The van der Waals surface area contributed by atoms with Gasteiger partial charge in [0.2, 0.25) is 0 Å². The molecule has 2 saturated heterocycles. The van der Waals surface area contributed by atoms with Gasteiger partial charge >= 0.3 is 6.03 Å². The highest BCUT2D eigenvalue weighted by molar-refractivity contribution is 7.14. The largest absolute Gasteiger partial charge is 0.323 e. The Hall–Kier alpha value is -2.65. The number of fused-ring (bicyclic) bond motifs is 3. The lowest BCUT2D eigenvalue weighted by Crippen LogP contribution is -2.53. The number of rotatable bonds is 5. The zero-order chi connectivity index (χ0) is 21.4. The van der Waals surface area contributed by atoms with Crippen molar-refractivity contribution in [3.05, 3.63) is 35.5 Å². The Morgan fingerprint density at radius 2 is 2.00 bits per heavy atom. The van der Waals surface area contributed by atoms with Gasteiger partial charge in [0.05, 0.1) is 0 Å². The van der Waals surface area contributed by atoms with Crippen LogP contribution >= 0.6 is 11.3 Å². The Morgan fingerprint density at radius 1 is 1.19 bits per heavy atom. The predicted molar refractivity (Wildman–Crippen MR) is 120 cm³/mol. The van der Waals surface area contributed by atoms with Gasteiger partial charge in [0, 0.05) is 41.8 Å². The Balaban J connectivity index is 1.31. The van der Waals surface area contributed by atoms with Gasteiger partial charge in [-0.15, -0.1) is 10.2 Å². The van der Waals surface area contributed by atoms with E-state index in [0.717, 1.165) is 52.0 Å². The zero-order valence-electron chi connectivity index (χ0n) is 17.3. The second-order valence-corrected chi connectivity index (χ2v) is 9.47. The number of hydrogen-bond acceptors (Lipinski definition) is 6. The molecular weight excluding hydrogens is 415 g/mol. The summed E-state index contributed by atoms with van der Waals surface area (Å²) >= 11 is 1.56. The smallest absolute Gasteiger partial charge is 0.318 e. The highest BCUT2D eigenvalue weighted by atomic mass is 32.1. The fraction of sp³-hybridized carbons (Fsp3) is 0.455. The fourth-order valence-electron chi connectivity index (χ4n) is 4.86.